The van der Waals surface area contributed by atoms with Crippen molar-refractivity contribution in [2.75, 3.05) is 13.2 Å². The summed E-state index contributed by atoms with van der Waals surface area (Å²) in [5.74, 6) is -2.03. The molecular formula is C13H18N2O5. The second-order valence-electron chi connectivity index (χ2n) is 4.07. The molecule has 0 spiro atoms. The number of carbonyl (C=O) groups excluding carboxylic acids is 1. The summed E-state index contributed by atoms with van der Waals surface area (Å²) in [5, 5.41) is 18.9. The van der Waals surface area contributed by atoms with E-state index in [0.29, 0.717) is 11.5 Å². The molecule has 20 heavy (non-hydrogen) atoms. The lowest BCUT2D eigenvalue weighted by atomic mass is 10.2. The van der Waals surface area contributed by atoms with Crippen LogP contribution in [0.2, 0.25) is 0 Å². The molecule has 110 valence electrons. The standard InChI is InChI=1S/C13H18N2O5/c1-2-3-8-20-15(11(9-16)13(18)19)12(17)10-6-4-5-7-14-10/h4-7,11,16H,2-3,8-9H2,1H3,(H,18,19). The van der Waals surface area contributed by atoms with Crippen molar-refractivity contribution in [3.8, 4) is 0 Å². The summed E-state index contributed by atoms with van der Waals surface area (Å²) in [4.78, 5) is 32.4. The normalized spacial score (nSPS) is 11.9. The number of aliphatic hydroxyl groups excluding tert-OH is 1. The highest BCUT2D eigenvalue weighted by Gasteiger charge is 2.31. The van der Waals surface area contributed by atoms with E-state index < -0.39 is 24.5 Å². The fraction of sp³-hybridized carbons (Fsp3) is 0.462. The highest BCUT2D eigenvalue weighted by molar-refractivity contribution is 5.94. The quantitative estimate of drug-likeness (QED) is 0.538. The lowest BCUT2D eigenvalue weighted by Gasteiger charge is -2.26. The van der Waals surface area contributed by atoms with Gasteiger partial charge in [-0.15, -0.1) is 0 Å². The molecule has 0 aromatic carbocycles. The van der Waals surface area contributed by atoms with Crippen molar-refractivity contribution in [2.45, 2.75) is 25.8 Å². The number of carboxylic acids is 1. The van der Waals surface area contributed by atoms with Crippen LogP contribution in [0, 0.1) is 0 Å². The summed E-state index contributed by atoms with van der Waals surface area (Å²) in [5.41, 5.74) is 0.0590. The Kier molecular flexibility index (Phi) is 6.61. The van der Waals surface area contributed by atoms with Crippen molar-refractivity contribution in [1.82, 2.24) is 10.0 Å². The van der Waals surface area contributed by atoms with Crippen LogP contribution < -0.4 is 0 Å². The average molecular weight is 282 g/mol. The Morgan fingerprint density at radius 2 is 2.20 bits per heavy atom. The first-order valence-corrected chi connectivity index (χ1v) is 6.33. The van der Waals surface area contributed by atoms with Gasteiger partial charge in [-0.3, -0.25) is 14.6 Å². The first-order valence-electron chi connectivity index (χ1n) is 6.33. The van der Waals surface area contributed by atoms with Crippen molar-refractivity contribution in [3.05, 3.63) is 30.1 Å². The zero-order valence-corrected chi connectivity index (χ0v) is 11.2. The van der Waals surface area contributed by atoms with Gasteiger partial charge in [-0.25, -0.2) is 4.79 Å². The number of aromatic nitrogens is 1. The van der Waals surface area contributed by atoms with Gasteiger partial charge in [0.15, 0.2) is 6.04 Å². The topological polar surface area (TPSA) is 100.0 Å². The van der Waals surface area contributed by atoms with Crippen LogP contribution >= 0.6 is 0 Å². The summed E-state index contributed by atoms with van der Waals surface area (Å²) < 4.78 is 0. The molecule has 0 aliphatic rings. The highest BCUT2D eigenvalue weighted by atomic mass is 16.7. The molecule has 2 N–H and O–H groups in total. The molecule has 1 aromatic rings. The average Bonchev–Trinajstić information content (AvgIpc) is 2.46. The van der Waals surface area contributed by atoms with E-state index in [1.807, 2.05) is 6.92 Å². The summed E-state index contributed by atoms with van der Waals surface area (Å²) in [6, 6.07) is 3.25. The number of amides is 1. The zero-order valence-electron chi connectivity index (χ0n) is 11.2. The number of pyridine rings is 1. The van der Waals surface area contributed by atoms with E-state index in [9.17, 15) is 9.59 Å². The number of hydrogen-bond donors (Lipinski definition) is 2. The van der Waals surface area contributed by atoms with Gasteiger partial charge in [0.1, 0.15) is 5.69 Å². The highest BCUT2D eigenvalue weighted by Crippen LogP contribution is 2.09. The monoisotopic (exact) mass is 282 g/mol. The summed E-state index contributed by atoms with van der Waals surface area (Å²) in [6.45, 7) is 1.40. The molecule has 0 bridgehead atoms. The van der Waals surface area contributed by atoms with E-state index in [2.05, 4.69) is 4.98 Å². The Bertz CT molecular complexity index is 438. The number of aliphatic hydroxyl groups is 1. The Hall–Kier alpha value is -1.99. The van der Waals surface area contributed by atoms with E-state index >= 15 is 0 Å². The lowest BCUT2D eigenvalue weighted by Crippen LogP contribution is -2.47. The van der Waals surface area contributed by atoms with E-state index in [-0.39, 0.29) is 12.3 Å². The fourth-order valence-corrected chi connectivity index (χ4v) is 1.45. The fourth-order valence-electron chi connectivity index (χ4n) is 1.45. The number of rotatable bonds is 8. The molecule has 0 aliphatic heterocycles. The molecule has 0 saturated carbocycles. The third kappa shape index (κ3) is 4.29. The lowest BCUT2D eigenvalue weighted by molar-refractivity contribution is -0.180. The van der Waals surface area contributed by atoms with Crippen molar-refractivity contribution in [3.63, 3.8) is 0 Å². The minimum atomic E-state index is -1.46. The van der Waals surface area contributed by atoms with Crippen molar-refractivity contribution < 1.29 is 24.6 Å². The minimum absolute atomic E-state index is 0.0590. The Morgan fingerprint density at radius 1 is 1.45 bits per heavy atom. The minimum Gasteiger partial charge on any atom is -0.480 e. The van der Waals surface area contributed by atoms with Gasteiger partial charge in [-0.05, 0) is 18.6 Å². The Balaban J connectivity index is 2.91. The molecule has 0 saturated heterocycles. The predicted octanol–water partition coefficient (Wildman–Crippen LogP) is 0.701. The van der Waals surface area contributed by atoms with Gasteiger partial charge in [0.05, 0.1) is 13.2 Å². The van der Waals surface area contributed by atoms with Crippen LogP contribution in [-0.4, -0.2) is 51.4 Å². The number of aliphatic carboxylic acids is 1. The third-order valence-electron chi connectivity index (χ3n) is 2.55. The summed E-state index contributed by atoms with van der Waals surface area (Å²) >= 11 is 0. The maximum absolute atomic E-state index is 12.2. The molecule has 0 fully saturated rings. The Labute approximate surface area is 116 Å². The van der Waals surface area contributed by atoms with Crippen LogP contribution in [-0.2, 0) is 9.63 Å². The van der Waals surface area contributed by atoms with Crippen molar-refractivity contribution in [1.29, 1.82) is 0 Å². The van der Waals surface area contributed by atoms with Crippen LogP contribution in [0.15, 0.2) is 24.4 Å². The van der Waals surface area contributed by atoms with Gasteiger partial charge < -0.3 is 10.2 Å². The predicted molar refractivity (Wildman–Crippen MR) is 69.8 cm³/mol. The number of carbonyl (C=O) groups is 2. The van der Waals surface area contributed by atoms with Crippen LogP contribution in [0.25, 0.3) is 0 Å². The smallest absolute Gasteiger partial charge is 0.331 e. The number of hydrogen-bond acceptors (Lipinski definition) is 5. The molecule has 7 heteroatoms. The number of hydroxylamine groups is 2. The largest absolute Gasteiger partial charge is 0.480 e. The SMILES string of the molecule is CCCCON(C(=O)c1ccccn1)C(CO)C(=O)O. The van der Waals surface area contributed by atoms with Crippen molar-refractivity contribution in [2.24, 2.45) is 0 Å². The molecule has 7 nitrogen and oxygen atoms in total. The van der Waals surface area contributed by atoms with Crippen LogP contribution in [0.1, 0.15) is 30.3 Å². The van der Waals surface area contributed by atoms with E-state index in [0.717, 1.165) is 6.42 Å². The maximum atomic E-state index is 12.2. The number of unbranched alkanes of at least 4 members (excludes halogenated alkanes) is 1. The molecule has 0 radical (unpaired) electrons. The van der Waals surface area contributed by atoms with Gasteiger partial charge in [-0.1, -0.05) is 19.4 Å². The van der Waals surface area contributed by atoms with Gasteiger partial charge in [0, 0.05) is 6.20 Å². The third-order valence-corrected chi connectivity index (χ3v) is 2.55. The van der Waals surface area contributed by atoms with Gasteiger partial charge >= 0.3 is 5.97 Å². The van der Waals surface area contributed by atoms with E-state index in [1.54, 1.807) is 12.1 Å². The molecule has 1 heterocycles. The van der Waals surface area contributed by atoms with E-state index in [4.69, 9.17) is 15.1 Å². The van der Waals surface area contributed by atoms with Gasteiger partial charge in [0.2, 0.25) is 0 Å². The van der Waals surface area contributed by atoms with E-state index in [1.165, 1.54) is 12.3 Å². The van der Waals surface area contributed by atoms with Gasteiger partial charge in [-0.2, -0.15) is 5.06 Å². The molecule has 1 amide bonds. The van der Waals surface area contributed by atoms with Crippen LogP contribution in [0.4, 0.5) is 0 Å². The van der Waals surface area contributed by atoms with Crippen molar-refractivity contribution >= 4 is 11.9 Å². The second kappa shape index (κ2) is 8.23. The molecule has 0 aliphatic carbocycles. The summed E-state index contributed by atoms with van der Waals surface area (Å²) in [7, 11) is 0. The molecule has 1 rings (SSSR count). The first kappa shape index (κ1) is 16.1. The number of carboxylic acid groups (broad SMARTS) is 1. The van der Waals surface area contributed by atoms with Gasteiger partial charge in [0.25, 0.3) is 5.91 Å². The van der Waals surface area contributed by atoms with Crippen LogP contribution in [0.3, 0.4) is 0 Å². The number of nitrogens with zero attached hydrogens (tertiary/aromatic N) is 2. The molecule has 1 unspecified atom stereocenters. The zero-order chi connectivity index (χ0) is 15.0. The molecular weight excluding hydrogens is 264 g/mol. The second-order valence-corrected chi connectivity index (χ2v) is 4.07. The maximum Gasteiger partial charge on any atom is 0.331 e. The van der Waals surface area contributed by atoms with Crippen LogP contribution in [0.5, 0.6) is 0 Å². The molecule has 1 atom stereocenters. The summed E-state index contributed by atoms with van der Waals surface area (Å²) in [6.07, 6.45) is 2.93. The molecule has 1 aromatic heterocycles. The first-order chi connectivity index (χ1) is 9.61. The Morgan fingerprint density at radius 3 is 2.70 bits per heavy atom.